The maximum atomic E-state index is 12.3. The number of likely N-dealkylation sites (N-methyl/N-ethyl adjacent to an activating group) is 1. The summed E-state index contributed by atoms with van der Waals surface area (Å²) < 4.78 is 5.67. The van der Waals surface area contributed by atoms with E-state index in [-0.39, 0.29) is 6.10 Å². The van der Waals surface area contributed by atoms with E-state index in [1.807, 2.05) is 44.2 Å². The Balaban J connectivity index is 1.58. The molecule has 0 saturated carbocycles. The number of carbonyl (C=O) groups is 2. The fourth-order valence-electron chi connectivity index (χ4n) is 3.11. The van der Waals surface area contributed by atoms with E-state index >= 15 is 0 Å². The number of carbonyl (C=O) groups excluding carboxylic acids is 2. The van der Waals surface area contributed by atoms with E-state index in [1.54, 1.807) is 18.2 Å². The molecule has 0 atom stereocenters. The number of nitrogens with zero attached hydrogens (tertiary/aromatic N) is 2. The second-order valence-corrected chi connectivity index (χ2v) is 7.41. The van der Waals surface area contributed by atoms with Crippen LogP contribution in [0.3, 0.4) is 0 Å². The molecule has 7 heteroatoms. The van der Waals surface area contributed by atoms with Crippen LogP contribution in [-0.2, 0) is 9.59 Å². The van der Waals surface area contributed by atoms with Crippen LogP contribution < -0.4 is 20.3 Å². The van der Waals surface area contributed by atoms with Crippen molar-refractivity contribution in [2.24, 2.45) is 0 Å². The van der Waals surface area contributed by atoms with Gasteiger partial charge in [0, 0.05) is 37.6 Å². The molecule has 7 nitrogen and oxygen atoms in total. The first-order chi connectivity index (χ1) is 13.9. The third-order valence-corrected chi connectivity index (χ3v) is 4.70. The van der Waals surface area contributed by atoms with Gasteiger partial charge in [-0.2, -0.15) is 0 Å². The average Bonchev–Trinajstić information content (AvgIpc) is 2.70. The summed E-state index contributed by atoms with van der Waals surface area (Å²) in [5.41, 5.74) is 2.15. The van der Waals surface area contributed by atoms with Gasteiger partial charge >= 0.3 is 11.8 Å². The predicted octanol–water partition coefficient (Wildman–Crippen LogP) is 2.80. The van der Waals surface area contributed by atoms with Gasteiger partial charge in [0.1, 0.15) is 5.75 Å². The van der Waals surface area contributed by atoms with Crippen LogP contribution in [0.4, 0.5) is 17.1 Å². The topological polar surface area (TPSA) is 73.9 Å². The number of para-hydroxylation sites is 2. The summed E-state index contributed by atoms with van der Waals surface area (Å²) >= 11 is 0. The van der Waals surface area contributed by atoms with Gasteiger partial charge in [-0.15, -0.1) is 0 Å². The number of anilines is 3. The van der Waals surface area contributed by atoms with Gasteiger partial charge in [0.2, 0.25) is 0 Å². The molecule has 2 N–H and O–H groups in total. The zero-order chi connectivity index (χ0) is 20.8. The number of amides is 2. The van der Waals surface area contributed by atoms with Crippen molar-refractivity contribution in [3.63, 3.8) is 0 Å². The predicted molar refractivity (Wildman–Crippen MR) is 116 cm³/mol. The summed E-state index contributed by atoms with van der Waals surface area (Å²) in [5, 5.41) is 5.26. The molecule has 0 radical (unpaired) electrons. The highest BCUT2D eigenvalue weighted by atomic mass is 16.5. The van der Waals surface area contributed by atoms with E-state index in [9.17, 15) is 9.59 Å². The molecule has 2 amide bonds. The zero-order valence-electron chi connectivity index (χ0n) is 17.1. The molecule has 0 spiro atoms. The Kier molecular flexibility index (Phi) is 6.72. The second-order valence-electron chi connectivity index (χ2n) is 7.41. The molecule has 1 fully saturated rings. The molecule has 1 aliphatic rings. The minimum Gasteiger partial charge on any atom is -0.489 e. The maximum absolute atomic E-state index is 12.3. The fourth-order valence-corrected chi connectivity index (χ4v) is 3.11. The Morgan fingerprint density at radius 1 is 0.897 bits per heavy atom. The second kappa shape index (κ2) is 9.43. The van der Waals surface area contributed by atoms with E-state index < -0.39 is 11.8 Å². The summed E-state index contributed by atoms with van der Waals surface area (Å²) in [5.74, 6) is -0.940. The van der Waals surface area contributed by atoms with E-state index in [0.29, 0.717) is 17.1 Å². The molecule has 3 rings (SSSR count). The summed E-state index contributed by atoms with van der Waals surface area (Å²) in [4.78, 5) is 29.2. The molecular formula is C22H28N4O3. The molecule has 1 saturated heterocycles. The lowest BCUT2D eigenvalue weighted by atomic mass is 10.2. The van der Waals surface area contributed by atoms with Gasteiger partial charge in [0.25, 0.3) is 0 Å². The minimum absolute atomic E-state index is 0.0410. The van der Waals surface area contributed by atoms with Gasteiger partial charge in [-0.3, -0.25) is 9.59 Å². The van der Waals surface area contributed by atoms with Crippen molar-refractivity contribution < 1.29 is 14.3 Å². The molecule has 1 heterocycles. The lowest BCUT2D eigenvalue weighted by Gasteiger charge is -2.34. The van der Waals surface area contributed by atoms with Gasteiger partial charge in [-0.1, -0.05) is 12.1 Å². The summed E-state index contributed by atoms with van der Waals surface area (Å²) in [6.45, 7) is 7.81. The molecule has 2 aromatic rings. The highest BCUT2D eigenvalue weighted by Gasteiger charge is 2.17. The smallest absolute Gasteiger partial charge is 0.314 e. The molecule has 0 aliphatic carbocycles. The quantitative estimate of drug-likeness (QED) is 0.761. The van der Waals surface area contributed by atoms with Crippen LogP contribution in [-0.4, -0.2) is 56.0 Å². The zero-order valence-corrected chi connectivity index (χ0v) is 17.1. The van der Waals surface area contributed by atoms with E-state index in [2.05, 4.69) is 27.5 Å². The third-order valence-electron chi connectivity index (χ3n) is 4.70. The van der Waals surface area contributed by atoms with Crippen LogP contribution in [0.15, 0.2) is 48.5 Å². The molecule has 29 heavy (non-hydrogen) atoms. The summed E-state index contributed by atoms with van der Waals surface area (Å²) in [6, 6.07) is 14.6. The number of ether oxygens (including phenoxy) is 1. The lowest BCUT2D eigenvalue weighted by Crippen LogP contribution is -2.44. The van der Waals surface area contributed by atoms with E-state index in [0.717, 1.165) is 31.9 Å². The Morgan fingerprint density at radius 3 is 2.17 bits per heavy atom. The number of benzene rings is 2. The van der Waals surface area contributed by atoms with Crippen LogP contribution in [0.25, 0.3) is 0 Å². The summed E-state index contributed by atoms with van der Waals surface area (Å²) in [7, 11) is 2.12. The normalized spacial score (nSPS) is 14.6. The van der Waals surface area contributed by atoms with Crippen molar-refractivity contribution in [1.29, 1.82) is 0 Å². The Labute approximate surface area is 171 Å². The van der Waals surface area contributed by atoms with Gasteiger partial charge in [0.05, 0.1) is 11.8 Å². The molecule has 2 aromatic carbocycles. The van der Waals surface area contributed by atoms with Crippen molar-refractivity contribution in [2.45, 2.75) is 20.0 Å². The van der Waals surface area contributed by atoms with Crippen molar-refractivity contribution >= 4 is 28.9 Å². The molecular weight excluding hydrogens is 368 g/mol. The molecule has 1 aliphatic heterocycles. The third kappa shape index (κ3) is 5.71. The molecule has 0 bridgehead atoms. The number of nitrogens with one attached hydrogen (secondary N) is 2. The largest absolute Gasteiger partial charge is 0.489 e. The molecule has 154 valence electrons. The number of hydrogen-bond acceptors (Lipinski definition) is 5. The van der Waals surface area contributed by atoms with Gasteiger partial charge in [-0.25, -0.2) is 0 Å². The first-order valence-corrected chi connectivity index (χ1v) is 9.84. The van der Waals surface area contributed by atoms with Crippen LogP contribution in [0.1, 0.15) is 13.8 Å². The standard InChI is InChI=1S/C22H28N4O3/c1-16(2)29-20-7-5-4-6-19(20)24-22(28)21(27)23-17-8-10-18(11-9-17)26-14-12-25(3)13-15-26/h4-11,16H,12-15H2,1-3H3,(H,23,27)(H,24,28). The van der Waals surface area contributed by atoms with Gasteiger partial charge < -0.3 is 25.2 Å². The maximum Gasteiger partial charge on any atom is 0.314 e. The average molecular weight is 396 g/mol. The lowest BCUT2D eigenvalue weighted by molar-refractivity contribution is -0.133. The Bertz CT molecular complexity index is 843. The minimum atomic E-state index is -0.743. The molecule has 0 unspecified atom stereocenters. The van der Waals surface area contributed by atoms with Crippen molar-refractivity contribution in [1.82, 2.24) is 4.90 Å². The van der Waals surface area contributed by atoms with Crippen LogP contribution in [0.2, 0.25) is 0 Å². The number of rotatable bonds is 5. The fraction of sp³-hybridized carbons (Fsp3) is 0.364. The van der Waals surface area contributed by atoms with Crippen molar-refractivity contribution in [2.75, 3.05) is 48.8 Å². The number of hydrogen-bond donors (Lipinski definition) is 2. The SMILES string of the molecule is CC(C)Oc1ccccc1NC(=O)C(=O)Nc1ccc(N2CCN(C)CC2)cc1. The highest BCUT2D eigenvalue weighted by Crippen LogP contribution is 2.25. The van der Waals surface area contributed by atoms with Gasteiger partial charge in [0.15, 0.2) is 0 Å². The first kappa shape index (κ1) is 20.7. The van der Waals surface area contributed by atoms with Gasteiger partial charge in [-0.05, 0) is 57.3 Å². The van der Waals surface area contributed by atoms with E-state index in [1.165, 1.54) is 0 Å². The van der Waals surface area contributed by atoms with E-state index in [4.69, 9.17) is 4.74 Å². The van der Waals surface area contributed by atoms with Crippen LogP contribution in [0, 0.1) is 0 Å². The highest BCUT2D eigenvalue weighted by molar-refractivity contribution is 6.43. The summed E-state index contributed by atoms with van der Waals surface area (Å²) in [6.07, 6.45) is -0.0410. The monoisotopic (exact) mass is 396 g/mol. The molecule has 0 aromatic heterocycles. The number of piperazine rings is 1. The Morgan fingerprint density at radius 2 is 1.52 bits per heavy atom. The van der Waals surface area contributed by atoms with Crippen molar-refractivity contribution in [3.8, 4) is 5.75 Å². The first-order valence-electron chi connectivity index (χ1n) is 9.84. The van der Waals surface area contributed by atoms with Crippen LogP contribution >= 0.6 is 0 Å². The van der Waals surface area contributed by atoms with Crippen LogP contribution in [0.5, 0.6) is 5.75 Å². The van der Waals surface area contributed by atoms with Crippen molar-refractivity contribution in [3.05, 3.63) is 48.5 Å². The Hall–Kier alpha value is -3.06.